The summed E-state index contributed by atoms with van der Waals surface area (Å²) in [6.45, 7) is 10.2. The lowest BCUT2D eigenvalue weighted by molar-refractivity contribution is -0.197. The molecule has 3 aliphatic rings. The van der Waals surface area contributed by atoms with Crippen LogP contribution < -0.4 is 45.9 Å². The quantitative estimate of drug-likeness (QED) is 0.00892. The second-order valence-electron chi connectivity index (χ2n) is 35.1. The number of thioether (sulfide) groups is 2. The fourth-order valence-corrected chi connectivity index (χ4v) is 19.0. The van der Waals surface area contributed by atoms with Gasteiger partial charge in [0.2, 0.25) is 29.1 Å². The molecule has 1 saturated heterocycles. The van der Waals surface area contributed by atoms with Crippen molar-refractivity contribution in [1.82, 2.24) is 26.3 Å². The van der Waals surface area contributed by atoms with E-state index in [9.17, 15) is 47.9 Å². The zero-order valence-electron chi connectivity index (χ0n) is 85.4. The molecule has 147 heavy (non-hydrogen) atoms. The Morgan fingerprint density at radius 1 is 0.435 bits per heavy atom. The molecule has 8 aromatic rings. The van der Waals surface area contributed by atoms with Crippen LogP contribution in [0.4, 0.5) is 8.78 Å². The molecule has 26 nitrogen and oxygen atoms in total. The molecule has 1 aliphatic heterocycles. The lowest BCUT2D eigenvalue weighted by atomic mass is 9.82. The number of Topliss-reactive ketones (excluding diaryl/α,β-unsaturated/α-hetero) is 1. The summed E-state index contributed by atoms with van der Waals surface area (Å²) < 4.78 is 83.2. The molecule has 3 unspecified atom stereocenters. The molecular formula is C117H142F2N6O20S2. The molecule has 8 aromatic carbocycles. The Hall–Kier alpha value is -12.4. The normalized spacial score (nSPS) is 15.1. The number of aliphatic hydroxyl groups excluding tert-OH is 1. The predicted molar refractivity (Wildman–Crippen MR) is 568 cm³/mol. The SMILES string of the molecule is COc1ccc(C(SCCC(=O)NCCCOCCOCCOCCCCC(=O)C2(F)C#CCCCCC2)(c2ccc(OC)cc2)c2ccc(C)c(C#CCCC(=O)NCc3ccccc3)c2)cc1.COc1ccc(C(SCCC(=O)ON2C(=O)CCC2=O)(c2ccc(CO)cc2)c2ccc(OC)c(C#CCCC(=O)NCc3ccccc3)c2)cc1.NCCCOCCOCCOCCCNC(=O)C1(F)C#CCCCCC1. The van der Waals surface area contributed by atoms with Crippen molar-refractivity contribution in [2.45, 2.75) is 202 Å². The number of ketones is 1. The Kier molecular flexibility index (Phi) is 53.6. The van der Waals surface area contributed by atoms with Crippen molar-refractivity contribution in [3.63, 3.8) is 0 Å². The molecule has 6 amide bonds. The van der Waals surface area contributed by atoms with E-state index in [1.54, 1.807) is 40.2 Å². The Morgan fingerprint density at radius 2 is 0.850 bits per heavy atom. The second kappa shape index (κ2) is 66.7. The molecule has 1 heterocycles. The van der Waals surface area contributed by atoms with Gasteiger partial charge in [0.25, 0.3) is 17.7 Å². The van der Waals surface area contributed by atoms with Crippen LogP contribution in [0.15, 0.2) is 194 Å². The third kappa shape index (κ3) is 40.3. The number of imide groups is 1. The maximum Gasteiger partial charge on any atom is 0.334 e. The number of benzene rings is 8. The number of ether oxygens (including phenoxy) is 10. The molecule has 2 aliphatic carbocycles. The van der Waals surface area contributed by atoms with Crippen molar-refractivity contribution in [3.05, 3.63) is 261 Å². The monoisotopic (exact) mass is 2050 g/mol. The van der Waals surface area contributed by atoms with Gasteiger partial charge in [0.1, 0.15) is 23.0 Å². The second-order valence-corrected chi connectivity index (χ2v) is 37.7. The highest BCUT2D eigenvalue weighted by atomic mass is 32.2. The van der Waals surface area contributed by atoms with Crippen molar-refractivity contribution in [1.29, 1.82) is 0 Å². The standard InChI is InChI=1S/C57H69FN2O8S.C41H40N2O8S.C19H33FN2O4/c1-45-22-23-50(43-47(45)19-10-11-21-54(62)60-44-46-17-8-7-9-18-46)57(48-24-28-51(64-2)29-25-48,49-26-30-52(65-3)31-27-49)69-42-32-55(63)59-35-16-37-67-39-41-68-40-38-66-36-15-12-20-53(61)56(58)33-13-5-4-6-14-34-56;1-49-35-19-16-33(17-20-35)41(32-14-12-30(28-44)13-15-32,52-25-24-40(48)51-43-38(46)22-23-39(43)47)34-18-21-36(50-2)31(26-34)10-6-7-11-37(45)42-27-29-8-4-3-5-9-29;20-19(8-4-2-1-3-5-9-19)18(23)22-11-7-13-25-15-17-26-16-14-24-12-6-10-21/h7-9,17-18,22-31,43H,4-6,11-13,15-16,20-21,32-33,35-42,44H2,1-3H3,(H,59,63)(H,60,62);3-5,8-9,12-21,26,44H,7,11,22-25,27-28H2,1-2H3,(H,42,45);1-4,6-8,10-17,21H2,(H,22,23). The predicted octanol–water partition coefficient (Wildman–Crippen LogP) is 17.1. The number of rotatable bonds is 58. The maximum atomic E-state index is 15.0. The summed E-state index contributed by atoms with van der Waals surface area (Å²) in [7, 11) is 6.45. The van der Waals surface area contributed by atoms with Gasteiger partial charge < -0.3 is 84.3 Å². The highest BCUT2D eigenvalue weighted by Crippen LogP contribution is 2.52. The number of carbonyl (C=O) groups excluding carboxylic acids is 8. The Bertz CT molecular complexity index is 5550. The molecule has 0 bridgehead atoms. The Balaban J connectivity index is 0.000000270. The summed E-state index contributed by atoms with van der Waals surface area (Å²) in [4.78, 5) is 105. The molecular weight excluding hydrogens is 1910 g/mol. The van der Waals surface area contributed by atoms with E-state index in [-0.39, 0.29) is 75.0 Å². The first-order chi connectivity index (χ1) is 71.6. The molecule has 0 saturated carbocycles. The Labute approximate surface area is 873 Å². The summed E-state index contributed by atoms with van der Waals surface area (Å²) in [5.74, 6) is 24.1. The van der Waals surface area contributed by atoms with Gasteiger partial charge in [-0.3, -0.25) is 33.6 Å². The number of nitrogens with zero attached hydrogens (tertiary/aromatic N) is 1. The van der Waals surface area contributed by atoms with Crippen LogP contribution in [0, 0.1) is 54.3 Å². The minimum atomic E-state index is -2.04. The van der Waals surface area contributed by atoms with E-state index in [1.165, 1.54) is 11.8 Å². The van der Waals surface area contributed by atoms with Gasteiger partial charge in [-0.2, -0.15) is 0 Å². The fraction of sp³-hybridized carbons (Fsp3) is 0.453. The van der Waals surface area contributed by atoms with E-state index in [4.69, 9.17) is 57.9 Å². The van der Waals surface area contributed by atoms with Gasteiger partial charge in [-0.25, -0.2) is 13.6 Å². The molecule has 30 heteroatoms. The molecule has 3 atom stereocenters. The maximum absolute atomic E-state index is 15.0. The van der Waals surface area contributed by atoms with Gasteiger partial charge in [-0.05, 0) is 181 Å². The highest BCUT2D eigenvalue weighted by Gasteiger charge is 2.42. The van der Waals surface area contributed by atoms with Gasteiger partial charge in [-0.15, -0.1) is 28.6 Å². The highest BCUT2D eigenvalue weighted by molar-refractivity contribution is 8.00. The number of carbonyl (C=O) groups is 8. The fourth-order valence-electron chi connectivity index (χ4n) is 16.0. The summed E-state index contributed by atoms with van der Waals surface area (Å²) in [6, 6.07) is 62.9. The number of hydrogen-bond donors (Lipinski definition) is 6. The van der Waals surface area contributed by atoms with Crippen LogP contribution in [0.3, 0.4) is 0 Å². The molecule has 0 aromatic heterocycles. The summed E-state index contributed by atoms with van der Waals surface area (Å²) in [5.41, 5.74) is 12.2. The van der Waals surface area contributed by atoms with Crippen LogP contribution in [0.2, 0.25) is 0 Å². The number of halogens is 2. The van der Waals surface area contributed by atoms with E-state index in [0.29, 0.717) is 217 Å². The third-order valence-corrected chi connectivity index (χ3v) is 27.4. The van der Waals surface area contributed by atoms with Crippen molar-refractivity contribution < 1.29 is 104 Å². The minimum Gasteiger partial charge on any atom is -0.497 e. The van der Waals surface area contributed by atoms with Gasteiger partial charge in [0.05, 0.1) is 109 Å². The summed E-state index contributed by atoms with van der Waals surface area (Å²) in [5, 5.41) is 22.0. The molecule has 7 N–H and O–H groups in total. The Morgan fingerprint density at radius 3 is 1.33 bits per heavy atom. The third-order valence-electron chi connectivity index (χ3n) is 24.3. The van der Waals surface area contributed by atoms with Crippen LogP contribution >= 0.6 is 23.5 Å². The van der Waals surface area contributed by atoms with Crippen molar-refractivity contribution >= 4 is 70.7 Å². The van der Waals surface area contributed by atoms with Crippen molar-refractivity contribution in [3.8, 4) is 70.4 Å². The van der Waals surface area contributed by atoms with Crippen molar-refractivity contribution in [2.75, 3.05) is 139 Å². The first-order valence-electron chi connectivity index (χ1n) is 50.6. The van der Waals surface area contributed by atoms with Gasteiger partial charge in [0.15, 0.2) is 5.78 Å². The zero-order valence-corrected chi connectivity index (χ0v) is 87.0. The summed E-state index contributed by atoms with van der Waals surface area (Å²) >= 11 is 3.15. The first-order valence-corrected chi connectivity index (χ1v) is 52.6. The van der Waals surface area contributed by atoms with E-state index in [1.807, 2.05) is 159 Å². The van der Waals surface area contributed by atoms with Crippen LogP contribution in [0.5, 0.6) is 23.0 Å². The molecule has 1 fully saturated rings. The van der Waals surface area contributed by atoms with Crippen LogP contribution in [-0.2, 0) is 101 Å². The largest absolute Gasteiger partial charge is 0.497 e. The van der Waals surface area contributed by atoms with Crippen LogP contribution in [0.25, 0.3) is 0 Å². The molecule has 786 valence electrons. The van der Waals surface area contributed by atoms with E-state index in [2.05, 4.69) is 111 Å². The average molecular weight is 2050 g/mol. The number of aliphatic hydroxyl groups is 1. The number of hydrogen-bond acceptors (Lipinski definition) is 23. The van der Waals surface area contributed by atoms with Crippen LogP contribution in [0.1, 0.15) is 221 Å². The number of aryl methyl sites for hydroxylation is 1. The average Bonchev–Trinajstić information content (AvgIpc) is 1.44. The zero-order chi connectivity index (χ0) is 105. The number of unbranched alkanes of at least 4 members (excludes halogenated alkanes) is 1. The molecule has 0 spiro atoms. The van der Waals surface area contributed by atoms with Crippen LogP contribution in [-0.4, -0.2) is 208 Å². The lowest BCUT2D eigenvalue weighted by Crippen LogP contribution is -2.43. The molecule has 0 radical (unpaired) electrons. The van der Waals surface area contributed by atoms with Gasteiger partial charge in [0, 0.05) is 147 Å². The smallest absolute Gasteiger partial charge is 0.334 e. The minimum absolute atomic E-state index is 0.00936. The van der Waals surface area contributed by atoms with E-state index in [0.717, 1.165) is 105 Å². The van der Waals surface area contributed by atoms with Crippen molar-refractivity contribution in [2.24, 2.45) is 5.73 Å². The molecule has 11 rings (SSSR count). The summed E-state index contributed by atoms with van der Waals surface area (Å²) in [6.07, 6.45) is 11.9. The topological polar surface area (TPSA) is 336 Å². The lowest BCUT2D eigenvalue weighted by Gasteiger charge is -2.36. The first kappa shape index (κ1) is 118. The van der Waals surface area contributed by atoms with E-state index < -0.39 is 50.3 Å². The van der Waals surface area contributed by atoms with Gasteiger partial charge in [-0.1, -0.05) is 200 Å². The van der Waals surface area contributed by atoms with E-state index >= 15 is 4.39 Å². The number of methoxy groups -OCH3 is 4. The number of nitrogens with two attached hydrogens (primary N) is 1. The van der Waals surface area contributed by atoms with Gasteiger partial charge >= 0.3 is 5.97 Å². The number of nitrogens with one attached hydrogen (secondary N) is 4. The number of alkyl halides is 2. The number of amides is 6. The number of hydroxylamine groups is 2.